The number of methoxy groups -OCH3 is 1. The van der Waals surface area contributed by atoms with Gasteiger partial charge in [0.1, 0.15) is 28.4 Å². The molecule has 1 amide bonds. The first kappa shape index (κ1) is 15.3. The van der Waals surface area contributed by atoms with Crippen molar-refractivity contribution in [2.24, 2.45) is 0 Å². The molecule has 0 saturated carbocycles. The number of halogens is 4. The number of alkyl halides is 1. The first-order valence-electron chi connectivity index (χ1n) is 5.01. The predicted molar refractivity (Wildman–Crippen MR) is 60.3 cm³/mol. The van der Waals surface area contributed by atoms with Gasteiger partial charge in [-0.1, -0.05) is 0 Å². The van der Waals surface area contributed by atoms with E-state index in [0.29, 0.717) is 12.1 Å². The van der Waals surface area contributed by atoms with E-state index in [9.17, 15) is 22.8 Å². The highest BCUT2D eigenvalue weighted by Gasteiger charge is 2.21. The zero-order valence-corrected chi connectivity index (χ0v) is 10.4. The second-order valence-electron chi connectivity index (χ2n) is 3.45. The molecule has 0 fully saturated rings. The molecule has 19 heavy (non-hydrogen) atoms. The van der Waals surface area contributed by atoms with Crippen molar-refractivity contribution in [2.75, 3.05) is 13.7 Å². The smallest absolute Gasteiger partial charge is 0.325 e. The van der Waals surface area contributed by atoms with Crippen molar-refractivity contribution in [3.05, 3.63) is 35.1 Å². The SMILES string of the molecule is COC(=O)C(Cl)CNC(=O)c1c(F)cc(F)cc1F. The zero-order chi connectivity index (χ0) is 14.6. The number of ether oxygens (including phenoxy) is 1. The number of amides is 1. The van der Waals surface area contributed by atoms with Gasteiger partial charge in [0.15, 0.2) is 0 Å². The summed E-state index contributed by atoms with van der Waals surface area (Å²) in [4.78, 5) is 22.4. The summed E-state index contributed by atoms with van der Waals surface area (Å²) >= 11 is 5.53. The van der Waals surface area contributed by atoms with Gasteiger partial charge in [-0.25, -0.2) is 13.2 Å². The normalized spacial score (nSPS) is 11.8. The maximum atomic E-state index is 13.2. The maximum Gasteiger partial charge on any atom is 0.325 e. The predicted octanol–water partition coefficient (Wildman–Crippen LogP) is 1.61. The lowest BCUT2D eigenvalue weighted by molar-refractivity contribution is -0.140. The van der Waals surface area contributed by atoms with Crippen LogP contribution < -0.4 is 5.32 Å². The second kappa shape index (κ2) is 6.42. The fourth-order valence-electron chi connectivity index (χ4n) is 1.24. The Morgan fingerprint density at radius 3 is 2.32 bits per heavy atom. The van der Waals surface area contributed by atoms with Gasteiger partial charge in [0.05, 0.1) is 7.11 Å². The van der Waals surface area contributed by atoms with E-state index in [1.165, 1.54) is 0 Å². The molecular weight excluding hydrogens is 287 g/mol. The van der Waals surface area contributed by atoms with Crippen LogP contribution in [0.25, 0.3) is 0 Å². The number of esters is 1. The molecule has 1 aromatic carbocycles. The third-order valence-electron chi connectivity index (χ3n) is 2.13. The minimum atomic E-state index is -1.35. The van der Waals surface area contributed by atoms with Crippen LogP contribution >= 0.6 is 11.6 Å². The summed E-state index contributed by atoms with van der Waals surface area (Å²) in [5.41, 5.74) is -0.949. The summed E-state index contributed by atoms with van der Waals surface area (Å²) in [6.45, 7) is -0.386. The largest absolute Gasteiger partial charge is 0.468 e. The van der Waals surface area contributed by atoms with Crippen LogP contribution in [-0.4, -0.2) is 30.9 Å². The van der Waals surface area contributed by atoms with Crippen LogP contribution in [0.4, 0.5) is 13.2 Å². The molecule has 104 valence electrons. The van der Waals surface area contributed by atoms with E-state index in [4.69, 9.17) is 11.6 Å². The molecule has 0 saturated heterocycles. The van der Waals surface area contributed by atoms with Gasteiger partial charge in [0.2, 0.25) is 0 Å². The van der Waals surface area contributed by atoms with E-state index in [0.717, 1.165) is 7.11 Å². The average Bonchev–Trinajstić information content (AvgIpc) is 2.33. The van der Waals surface area contributed by atoms with Crippen LogP contribution in [-0.2, 0) is 9.53 Å². The number of rotatable bonds is 4. The Bertz CT molecular complexity index is 487. The number of hydrogen-bond acceptors (Lipinski definition) is 3. The van der Waals surface area contributed by atoms with Crippen molar-refractivity contribution < 1.29 is 27.5 Å². The molecule has 0 heterocycles. The number of carbonyl (C=O) groups is 2. The van der Waals surface area contributed by atoms with Gasteiger partial charge in [0.25, 0.3) is 5.91 Å². The molecular formula is C11H9ClF3NO3. The number of nitrogens with one attached hydrogen (secondary N) is 1. The highest BCUT2D eigenvalue weighted by molar-refractivity contribution is 6.30. The monoisotopic (exact) mass is 295 g/mol. The first-order chi connectivity index (χ1) is 8.86. The summed E-state index contributed by atoms with van der Waals surface area (Å²) in [6.07, 6.45) is 0. The first-order valence-corrected chi connectivity index (χ1v) is 5.45. The molecule has 0 radical (unpaired) electrons. The molecule has 1 aromatic rings. The summed E-state index contributed by atoms with van der Waals surface area (Å²) < 4.78 is 43.4. The molecule has 4 nitrogen and oxygen atoms in total. The number of carbonyl (C=O) groups excluding carboxylic acids is 2. The van der Waals surface area contributed by atoms with E-state index in [1.54, 1.807) is 0 Å². The van der Waals surface area contributed by atoms with E-state index >= 15 is 0 Å². The Labute approximate surface area is 111 Å². The minimum Gasteiger partial charge on any atom is -0.468 e. The summed E-state index contributed by atoms with van der Waals surface area (Å²) in [5, 5.41) is 0.847. The third kappa shape index (κ3) is 3.85. The fourth-order valence-corrected chi connectivity index (χ4v) is 1.41. The van der Waals surface area contributed by atoms with Gasteiger partial charge in [-0.05, 0) is 0 Å². The molecule has 1 unspecified atom stereocenters. The van der Waals surface area contributed by atoms with Crippen molar-refractivity contribution in [2.45, 2.75) is 5.38 Å². The minimum absolute atomic E-state index is 0.372. The van der Waals surface area contributed by atoms with Gasteiger partial charge >= 0.3 is 5.97 Å². The van der Waals surface area contributed by atoms with Crippen LogP contribution in [0.3, 0.4) is 0 Å². The summed E-state index contributed by atoms with van der Waals surface area (Å²) in [5.74, 6) is -5.79. The Morgan fingerprint density at radius 2 is 1.84 bits per heavy atom. The van der Waals surface area contributed by atoms with Crippen molar-refractivity contribution in [1.82, 2.24) is 5.32 Å². The van der Waals surface area contributed by atoms with Crippen molar-refractivity contribution in [3.63, 3.8) is 0 Å². The van der Waals surface area contributed by atoms with Gasteiger partial charge in [0, 0.05) is 18.7 Å². The van der Waals surface area contributed by atoms with Gasteiger partial charge < -0.3 is 10.1 Å². The van der Waals surface area contributed by atoms with Crippen LogP contribution in [0, 0.1) is 17.5 Å². The molecule has 0 spiro atoms. The molecule has 0 aliphatic heterocycles. The van der Waals surface area contributed by atoms with Gasteiger partial charge in [-0.2, -0.15) is 0 Å². The number of benzene rings is 1. The molecule has 1 atom stereocenters. The van der Waals surface area contributed by atoms with Crippen molar-refractivity contribution >= 4 is 23.5 Å². The van der Waals surface area contributed by atoms with E-state index < -0.39 is 40.3 Å². The van der Waals surface area contributed by atoms with E-state index in [1.807, 2.05) is 5.32 Å². The molecule has 0 aliphatic carbocycles. The fraction of sp³-hybridized carbons (Fsp3) is 0.273. The van der Waals surface area contributed by atoms with Crippen LogP contribution in [0.2, 0.25) is 0 Å². The van der Waals surface area contributed by atoms with Gasteiger partial charge in [-0.3, -0.25) is 9.59 Å². The Balaban J connectivity index is 2.77. The Kier molecular flexibility index (Phi) is 5.17. The summed E-state index contributed by atoms with van der Waals surface area (Å²) in [7, 11) is 1.10. The van der Waals surface area contributed by atoms with Gasteiger partial charge in [-0.15, -0.1) is 11.6 Å². The average molecular weight is 296 g/mol. The highest BCUT2D eigenvalue weighted by Crippen LogP contribution is 2.14. The van der Waals surface area contributed by atoms with Crippen LogP contribution in [0.5, 0.6) is 0 Å². The summed E-state index contributed by atoms with van der Waals surface area (Å²) in [6, 6.07) is 0.743. The topological polar surface area (TPSA) is 55.4 Å². The molecule has 0 aliphatic rings. The van der Waals surface area contributed by atoms with E-state index in [2.05, 4.69) is 4.74 Å². The lowest BCUT2D eigenvalue weighted by Gasteiger charge is -2.10. The Hall–Kier alpha value is -1.76. The Morgan fingerprint density at radius 1 is 1.32 bits per heavy atom. The van der Waals surface area contributed by atoms with Crippen LogP contribution in [0.15, 0.2) is 12.1 Å². The van der Waals surface area contributed by atoms with Crippen molar-refractivity contribution in [1.29, 1.82) is 0 Å². The lowest BCUT2D eigenvalue weighted by atomic mass is 10.1. The lowest BCUT2D eigenvalue weighted by Crippen LogP contribution is -2.35. The standard InChI is InChI=1S/C11H9ClF3NO3/c1-19-11(18)6(12)4-16-10(17)9-7(14)2-5(13)3-8(9)15/h2-3,6H,4H2,1H3,(H,16,17). The molecule has 0 bridgehead atoms. The maximum absolute atomic E-state index is 13.2. The second-order valence-corrected chi connectivity index (χ2v) is 3.97. The third-order valence-corrected chi connectivity index (χ3v) is 2.47. The zero-order valence-electron chi connectivity index (χ0n) is 9.68. The molecule has 0 aromatic heterocycles. The van der Waals surface area contributed by atoms with E-state index in [-0.39, 0.29) is 6.54 Å². The van der Waals surface area contributed by atoms with Crippen LogP contribution in [0.1, 0.15) is 10.4 Å². The number of hydrogen-bond donors (Lipinski definition) is 1. The quantitative estimate of drug-likeness (QED) is 0.678. The van der Waals surface area contributed by atoms with Crippen molar-refractivity contribution in [3.8, 4) is 0 Å². The highest BCUT2D eigenvalue weighted by atomic mass is 35.5. The molecule has 1 N–H and O–H groups in total. The molecule has 1 rings (SSSR count). The molecule has 8 heteroatoms.